The number of ether oxygens (including phenoxy) is 1. The van der Waals surface area contributed by atoms with Crippen molar-refractivity contribution >= 4 is 10.0 Å². The fraction of sp³-hybridized carbons (Fsp3) is 0.571. The molecule has 0 saturated carbocycles. The summed E-state index contributed by atoms with van der Waals surface area (Å²) < 4.78 is 31.0. The van der Waals surface area contributed by atoms with Gasteiger partial charge in [0.05, 0.1) is 11.9 Å². The normalized spacial score (nSPS) is 13.5. The van der Waals surface area contributed by atoms with E-state index in [0.717, 1.165) is 0 Å². The fourth-order valence-electron chi connectivity index (χ4n) is 1.90. The van der Waals surface area contributed by atoms with Gasteiger partial charge in [0.15, 0.2) is 0 Å². The topological polar surface area (TPSA) is 55.4 Å². The molecule has 0 aliphatic carbocycles. The maximum atomic E-state index is 11.7. The molecule has 4 nitrogen and oxygen atoms in total. The highest BCUT2D eigenvalue weighted by Crippen LogP contribution is 2.10. The van der Waals surface area contributed by atoms with Crippen LogP contribution in [0.4, 0.5) is 0 Å². The molecule has 1 rings (SSSR count). The van der Waals surface area contributed by atoms with Crippen molar-refractivity contribution in [2.45, 2.75) is 33.3 Å². The molecule has 5 heteroatoms. The second kappa shape index (κ2) is 7.03. The summed E-state index contributed by atoms with van der Waals surface area (Å²) in [5.41, 5.74) is 3.59. The Morgan fingerprint density at radius 3 is 2.58 bits per heavy atom. The van der Waals surface area contributed by atoms with Crippen LogP contribution in [-0.2, 0) is 21.2 Å². The smallest absolute Gasteiger partial charge is 0.214 e. The molecule has 0 heterocycles. The summed E-state index contributed by atoms with van der Waals surface area (Å²) in [6.45, 7) is 6.25. The molecule has 0 radical (unpaired) electrons. The summed E-state index contributed by atoms with van der Waals surface area (Å²) in [4.78, 5) is 0. The van der Waals surface area contributed by atoms with Crippen molar-refractivity contribution in [3.8, 4) is 0 Å². The lowest BCUT2D eigenvalue weighted by atomic mass is 10.0. The molecule has 1 aromatic rings. The highest BCUT2D eigenvalue weighted by Gasteiger charge is 2.14. The van der Waals surface area contributed by atoms with E-state index in [2.05, 4.69) is 16.9 Å². The standard InChI is InChI=1S/C14H23NO3S/c1-11-5-6-14(12(2)9-11)7-8-15-19(16,17)10-13(3)18-4/h5-6,9,13,15H,7-8,10H2,1-4H3. The summed E-state index contributed by atoms with van der Waals surface area (Å²) in [5, 5.41) is 0. The monoisotopic (exact) mass is 285 g/mol. The average Bonchev–Trinajstić information content (AvgIpc) is 2.31. The lowest BCUT2D eigenvalue weighted by molar-refractivity contribution is 0.136. The lowest BCUT2D eigenvalue weighted by Crippen LogP contribution is -2.33. The third kappa shape index (κ3) is 5.72. The summed E-state index contributed by atoms with van der Waals surface area (Å²) in [6, 6.07) is 6.21. The predicted octanol–water partition coefficient (Wildman–Crippen LogP) is 1.80. The first-order valence-electron chi connectivity index (χ1n) is 6.40. The van der Waals surface area contributed by atoms with Gasteiger partial charge in [-0.1, -0.05) is 23.8 Å². The molecule has 1 N–H and O–H groups in total. The van der Waals surface area contributed by atoms with Gasteiger partial charge in [-0.25, -0.2) is 13.1 Å². The number of rotatable bonds is 7. The Labute approximate surface area is 116 Å². The van der Waals surface area contributed by atoms with Crippen molar-refractivity contribution in [2.75, 3.05) is 19.4 Å². The van der Waals surface area contributed by atoms with Crippen LogP contribution >= 0.6 is 0 Å². The third-order valence-corrected chi connectivity index (χ3v) is 4.62. The molecule has 1 aromatic carbocycles. The second-order valence-electron chi connectivity index (χ2n) is 4.90. The van der Waals surface area contributed by atoms with Gasteiger partial charge < -0.3 is 4.74 Å². The van der Waals surface area contributed by atoms with Crippen LogP contribution in [0.2, 0.25) is 0 Å². The summed E-state index contributed by atoms with van der Waals surface area (Å²) in [7, 11) is -1.75. The molecule has 0 spiro atoms. The maximum absolute atomic E-state index is 11.7. The molecular weight excluding hydrogens is 262 g/mol. The van der Waals surface area contributed by atoms with Crippen LogP contribution in [0.25, 0.3) is 0 Å². The first-order valence-corrected chi connectivity index (χ1v) is 8.05. The predicted molar refractivity (Wildman–Crippen MR) is 77.9 cm³/mol. The molecule has 0 aliphatic rings. The van der Waals surface area contributed by atoms with Crippen molar-refractivity contribution < 1.29 is 13.2 Å². The number of nitrogens with one attached hydrogen (secondary N) is 1. The Balaban J connectivity index is 2.50. The van der Waals surface area contributed by atoms with Crippen LogP contribution in [-0.4, -0.2) is 33.9 Å². The Bertz CT molecular complexity index is 511. The van der Waals surface area contributed by atoms with E-state index < -0.39 is 10.0 Å². The Kier molecular flexibility index (Phi) is 5.97. The van der Waals surface area contributed by atoms with Gasteiger partial charge in [0.1, 0.15) is 0 Å². The molecule has 1 unspecified atom stereocenters. The first-order chi connectivity index (χ1) is 8.84. The summed E-state index contributed by atoms with van der Waals surface area (Å²) in [6.07, 6.45) is 0.408. The summed E-state index contributed by atoms with van der Waals surface area (Å²) >= 11 is 0. The van der Waals surface area contributed by atoms with E-state index in [1.807, 2.05) is 19.9 Å². The SMILES string of the molecule is COC(C)CS(=O)(=O)NCCc1ccc(C)cc1C. The fourth-order valence-corrected chi connectivity index (χ4v) is 3.19. The van der Waals surface area contributed by atoms with E-state index in [4.69, 9.17) is 4.74 Å². The van der Waals surface area contributed by atoms with Gasteiger partial charge in [-0.15, -0.1) is 0 Å². The van der Waals surface area contributed by atoms with Crippen LogP contribution in [0.15, 0.2) is 18.2 Å². The van der Waals surface area contributed by atoms with E-state index >= 15 is 0 Å². The van der Waals surface area contributed by atoms with Crippen molar-refractivity contribution in [1.29, 1.82) is 0 Å². The number of aryl methyl sites for hydroxylation is 2. The molecule has 1 atom stereocenters. The van der Waals surface area contributed by atoms with Crippen LogP contribution < -0.4 is 4.72 Å². The second-order valence-corrected chi connectivity index (χ2v) is 6.75. The molecule has 0 aromatic heterocycles. The van der Waals surface area contributed by atoms with Crippen LogP contribution in [0.1, 0.15) is 23.6 Å². The maximum Gasteiger partial charge on any atom is 0.214 e. The molecular formula is C14H23NO3S. The average molecular weight is 285 g/mol. The van der Waals surface area contributed by atoms with Crippen molar-refractivity contribution in [2.24, 2.45) is 0 Å². The van der Waals surface area contributed by atoms with E-state index in [1.165, 1.54) is 23.8 Å². The zero-order chi connectivity index (χ0) is 14.5. The van der Waals surface area contributed by atoms with E-state index in [-0.39, 0.29) is 11.9 Å². The molecule has 0 bridgehead atoms. The molecule has 0 amide bonds. The molecule has 108 valence electrons. The van der Waals surface area contributed by atoms with Crippen LogP contribution in [0.3, 0.4) is 0 Å². The summed E-state index contributed by atoms with van der Waals surface area (Å²) in [5.74, 6) is -0.00359. The van der Waals surface area contributed by atoms with E-state index in [1.54, 1.807) is 6.92 Å². The third-order valence-electron chi connectivity index (χ3n) is 3.07. The Hall–Kier alpha value is -0.910. The highest BCUT2D eigenvalue weighted by molar-refractivity contribution is 7.89. The molecule has 0 saturated heterocycles. The minimum atomic E-state index is -3.26. The number of benzene rings is 1. The number of methoxy groups -OCH3 is 1. The van der Waals surface area contributed by atoms with E-state index in [9.17, 15) is 8.42 Å². The minimum absolute atomic E-state index is 0.00359. The van der Waals surface area contributed by atoms with Crippen LogP contribution in [0.5, 0.6) is 0 Å². The zero-order valence-corrected chi connectivity index (χ0v) is 12.9. The molecule has 0 aliphatic heterocycles. The molecule has 19 heavy (non-hydrogen) atoms. The quantitative estimate of drug-likeness (QED) is 0.831. The van der Waals surface area contributed by atoms with Gasteiger partial charge >= 0.3 is 0 Å². The minimum Gasteiger partial charge on any atom is -0.381 e. The first kappa shape index (κ1) is 16.1. The number of hydrogen-bond acceptors (Lipinski definition) is 3. The van der Waals surface area contributed by atoms with Gasteiger partial charge in [0.2, 0.25) is 10.0 Å². The van der Waals surface area contributed by atoms with Crippen molar-refractivity contribution in [3.63, 3.8) is 0 Å². The highest BCUT2D eigenvalue weighted by atomic mass is 32.2. The van der Waals surface area contributed by atoms with Crippen molar-refractivity contribution in [3.05, 3.63) is 34.9 Å². The lowest BCUT2D eigenvalue weighted by Gasteiger charge is -2.12. The van der Waals surface area contributed by atoms with Gasteiger partial charge in [-0.05, 0) is 38.3 Å². The van der Waals surface area contributed by atoms with Crippen LogP contribution in [0, 0.1) is 13.8 Å². The Morgan fingerprint density at radius 1 is 1.32 bits per heavy atom. The van der Waals surface area contributed by atoms with Crippen molar-refractivity contribution in [1.82, 2.24) is 4.72 Å². The van der Waals surface area contributed by atoms with Gasteiger partial charge in [0.25, 0.3) is 0 Å². The Morgan fingerprint density at radius 2 is 2.00 bits per heavy atom. The largest absolute Gasteiger partial charge is 0.381 e. The molecule has 0 fully saturated rings. The number of hydrogen-bond donors (Lipinski definition) is 1. The zero-order valence-electron chi connectivity index (χ0n) is 12.1. The van der Waals surface area contributed by atoms with E-state index in [0.29, 0.717) is 13.0 Å². The van der Waals surface area contributed by atoms with Gasteiger partial charge in [0, 0.05) is 13.7 Å². The van der Waals surface area contributed by atoms with Gasteiger partial charge in [-0.2, -0.15) is 0 Å². The van der Waals surface area contributed by atoms with Gasteiger partial charge in [-0.3, -0.25) is 0 Å². The number of sulfonamides is 1.